The third-order valence-electron chi connectivity index (χ3n) is 2.34. The van der Waals surface area contributed by atoms with Gasteiger partial charge in [-0.3, -0.25) is 0 Å². The smallest absolute Gasteiger partial charge is 0.116 e. The summed E-state index contributed by atoms with van der Waals surface area (Å²) in [5.74, 6) is 0. The van der Waals surface area contributed by atoms with Crippen molar-refractivity contribution in [2.75, 3.05) is 19.8 Å². The van der Waals surface area contributed by atoms with Crippen LogP contribution in [-0.2, 0) is 11.3 Å². The van der Waals surface area contributed by atoms with Crippen LogP contribution in [0.25, 0.3) is 0 Å². The SMILES string of the molecule is N#CC1(CNCc2cccs2)COC1. The number of ether oxygens (including phenoxy) is 1. The standard InChI is InChI=1S/C10H12N2OS/c11-5-10(7-13-8-10)6-12-4-9-2-1-3-14-9/h1-3,12H,4,6-8H2. The first-order valence-corrected chi connectivity index (χ1v) is 5.45. The van der Waals surface area contributed by atoms with Crippen molar-refractivity contribution in [2.24, 2.45) is 5.41 Å². The first-order chi connectivity index (χ1) is 6.85. The third kappa shape index (κ3) is 1.95. The average Bonchev–Trinajstić information content (AvgIpc) is 2.62. The predicted molar refractivity (Wildman–Crippen MR) is 54.9 cm³/mol. The van der Waals surface area contributed by atoms with Gasteiger partial charge in [0.15, 0.2) is 0 Å². The van der Waals surface area contributed by atoms with E-state index in [2.05, 4.69) is 22.8 Å². The van der Waals surface area contributed by atoms with Gasteiger partial charge < -0.3 is 10.1 Å². The average molecular weight is 208 g/mol. The van der Waals surface area contributed by atoms with E-state index in [1.165, 1.54) is 4.88 Å². The Bertz CT molecular complexity index is 324. The van der Waals surface area contributed by atoms with Crippen molar-refractivity contribution in [3.63, 3.8) is 0 Å². The molecule has 0 radical (unpaired) electrons. The van der Waals surface area contributed by atoms with E-state index in [0.29, 0.717) is 13.2 Å². The maximum absolute atomic E-state index is 8.93. The van der Waals surface area contributed by atoms with E-state index in [1.54, 1.807) is 11.3 Å². The van der Waals surface area contributed by atoms with Crippen molar-refractivity contribution >= 4 is 11.3 Å². The van der Waals surface area contributed by atoms with E-state index < -0.39 is 0 Å². The van der Waals surface area contributed by atoms with Crippen LogP contribution in [0.3, 0.4) is 0 Å². The third-order valence-corrected chi connectivity index (χ3v) is 3.21. The number of nitriles is 1. The summed E-state index contributed by atoms with van der Waals surface area (Å²) in [5.41, 5.74) is -0.267. The van der Waals surface area contributed by atoms with Gasteiger partial charge in [-0.1, -0.05) is 6.07 Å². The first-order valence-electron chi connectivity index (χ1n) is 4.57. The molecule has 1 aromatic rings. The number of rotatable bonds is 4. The fourth-order valence-corrected chi connectivity index (χ4v) is 2.07. The van der Waals surface area contributed by atoms with Crippen LogP contribution in [0, 0.1) is 16.7 Å². The summed E-state index contributed by atoms with van der Waals surface area (Å²) in [5, 5.41) is 14.3. The normalized spacial score (nSPS) is 18.5. The second-order valence-electron chi connectivity index (χ2n) is 3.57. The van der Waals surface area contributed by atoms with Crippen LogP contribution in [0.15, 0.2) is 17.5 Å². The zero-order valence-corrected chi connectivity index (χ0v) is 8.64. The van der Waals surface area contributed by atoms with Gasteiger partial charge in [0.1, 0.15) is 5.41 Å². The molecular formula is C10H12N2OS. The lowest BCUT2D eigenvalue weighted by molar-refractivity contribution is -0.0755. The molecule has 0 saturated carbocycles. The van der Waals surface area contributed by atoms with Gasteiger partial charge in [-0.2, -0.15) is 5.26 Å². The second kappa shape index (κ2) is 4.09. The highest BCUT2D eigenvalue weighted by atomic mass is 32.1. The molecule has 0 atom stereocenters. The van der Waals surface area contributed by atoms with Gasteiger partial charge in [-0.15, -0.1) is 11.3 Å². The number of thiophene rings is 1. The van der Waals surface area contributed by atoms with Gasteiger partial charge in [0, 0.05) is 18.0 Å². The summed E-state index contributed by atoms with van der Waals surface area (Å²) < 4.78 is 5.06. The molecule has 1 aromatic heterocycles. The van der Waals surface area contributed by atoms with E-state index in [-0.39, 0.29) is 5.41 Å². The molecule has 2 rings (SSSR count). The van der Waals surface area contributed by atoms with Crippen molar-refractivity contribution in [3.8, 4) is 6.07 Å². The largest absolute Gasteiger partial charge is 0.378 e. The Morgan fingerprint density at radius 2 is 2.50 bits per heavy atom. The molecule has 0 spiro atoms. The fraction of sp³-hybridized carbons (Fsp3) is 0.500. The van der Waals surface area contributed by atoms with Crippen molar-refractivity contribution in [2.45, 2.75) is 6.54 Å². The highest BCUT2D eigenvalue weighted by Crippen LogP contribution is 2.25. The fourth-order valence-electron chi connectivity index (χ4n) is 1.39. The van der Waals surface area contributed by atoms with Gasteiger partial charge in [0.25, 0.3) is 0 Å². The van der Waals surface area contributed by atoms with Crippen LogP contribution in [0.2, 0.25) is 0 Å². The molecule has 0 unspecified atom stereocenters. The molecule has 0 aliphatic carbocycles. The van der Waals surface area contributed by atoms with Gasteiger partial charge in [-0.05, 0) is 11.4 Å². The van der Waals surface area contributed by atoms with Gasteiger partial charge >= 0.3 is 0 Å². The Balaban J connectivity index is 1.75. The predicted octanol–water partition coefficient (Wildman–Crippen LogP) is 1.38. The zero-order chi connectivity index (χ0) is 9.86. The van der Waals surface area contributed by atoms with Crippen molar-refractivity contribution in [1.29, 1.82) is 5.26 Å². The maximum Gasteiger partial charge on any atom is 0.116 e. The lowest BCUT2D eigenvalue weighted by atomic mass is 9.88. The van der Waals surface area contributed by atoms with Crippen LogP contribution < -0.4 is 5.32 Å². The van der Waals surface area contributed by atoms with E-state index in [4.69, 9.17) is 10.00 Å². The van der Waals surface area contributed by atoms with Gasteiger partial charge in [-0.25, -0.2) is 0 Å². The summed E-state index contributed by atoms with van der Waals surface area (Å²) in [6, 6.07) is 6.44. The number of nitrogens with one attached hydrogen (secondary N) is 1. The maximum atomic E-state index is 8.93. The number of hydrogen-bond acceptors (Lipinski definition) is 4. The monoisotopic (exact) mass is 208 g/mol. The molecule has 4 heteroatoms. The Labute approximate surface area is 87.3 Å². The molecule has 3 nitrogen and oxygen atoms in total. The van der Waals surface area contributed by atoms with Crippen LogP contribution in [0.5, 0.6) is 0 Å². The summed E-state index contributed by atoms with van der Waals surface area (Å²) in [6.45, 7) is 2.71. The Kier molecular flexibility index (Phi) is 2.82. The molecule has 1 aliphatic heterocycles. The van der Waals surface area contributed by atoms with E-state index in [9.17, 15) is 0 Å². The molecule has 0 bridgehead atoms. The molecule has 1 aliphatic rings. The van der Waals surface area contributed by atoms with Crippen molar-refractivity contribution in [3.05, 3.63) is 22.4 Å². The molecule has 0 aromatic carbocycles. The molecule has 1 N–H and O–H groups in total. The molecular weight excluding hydrogens is 196 g/mol. The Morgan fingerprint density at radius 3 is 3.00 bits per heavy atom. The lowest BCUT2D eigenvalue weighted by Gasteiger charge is -2.35. The van der Waals surface area contributed by atoms with Crippen LogP contribution >= 0.6 is 11.3 Å². The molecule has 1 fully saturated rings. The minimum Gasteiger partial charge on any atom is -0.378 e. The molecule has 2 heterocycles. The number of nitrogens with zero attached hydrogens (tertiary/aromatic N) is 1. The molecule has 1 saturated heterocycles. The summed E-state index contributed by atoms with van der Waals surface area (Å²) in [7, 11) is 0. The lowest BCUT2D eigenvalue weighted by Crippen LogP contribution is -2.48. The Hall–Kier alpha value is -0.890. The van der Waals surface area contributed by atoms with Crippen LogP contribution in [0.4, 0.5) is 0 Å². The van der Waals surface area contributed by atoms with Gasteiger partial charge in [0.05, 0.1) is 19.3 Å². The molecule has 0 amide bonds. The van der Waals surface area contributed by atoms with E-state index in [1.807, 2.05) is 6.07 Å². The topological polar surface area (TPSA) is 45.0 Å². The van der Waals surface area contributed by atoms with Crippen molar-refractivity contribution < 1.29 is 4.74 Å². The quantitative estimate of drug-likeness (QED) is 0.813. The van der Waals surface area contributed by atoms with E-state index in [0.717, 1.165) is 13.1 Å². The number of hydrogen-bond donors (Lipinski definition) is 1. The highest BCUT2D eigenvalue weighted by molar-refractivity contribution is 7.09. The summed E-state index contributed by atoms with van der Waals surface area (Å²) in [6.07, 6.45) is 0. The Morgan fingerprint density at radius 1 is 1.64 bits per heavy atom. The molecule has 74 valence electrons. The second-order valence-corrected chi connectivity index (χ2v) is 4.60. The van der Waals surface area contributed by atoms with Crippen LogP contribution in [-0.4, -0.2) is 19.8 Å². The first kappa shape index (κ1) is 9.66. The minimum absolute atomic E-state index is 0.267. The van der Waals surface area contributed by atoms with Gasteiger partial charge in [0.2, 0.25) is 0 Å². The molecule has 14 heavy (non-hydrogen) atoms. The zero-order valence-electron chi connectivity index (χ0n) is 7.82. The van der Waals surface area contributed by atoms with Crippen LogP contribution in [0.1, 0.15) is 4.88 Å². The minimum atomic E-state index is -0.267. The summed E-state index contributed by atoms with van der Waals surface area (Å²) >= 11 is 1.73. The summed E-state index contributed by atoms with van der Waals surface area (Å²) in [4.78, 5) is 1.30. The van der Waals surface area contributed by atoms with Crippen molar-refractivity contribution in [1.82, 2.24) is 5.32 Å². The highest BCUT2D eigenvalue weighted by Gasteiger charge is 2.38. The van der Waals surface area contributed by atoms with E-state index >= 15 is 0 Å².